The normalized spacial score (nSPS) is 11.0. The second-order valence-corrected chi connectivity index (χ2v) is 9.16. The van der Waals surface area contributed by atoms with Gasteiger partial charge in [0, 0.05) is 11.6 Å². The van der Waals surface area contributed by atoms with Crippen molar-refractivity contribution in [2.75, 3.05) is 19.8 Å². The third-order valence-electron chi connectivity index (χ3n) is 6.02. The summed E-state index contributed by atoms with van der Waals surface area (Å²) in [7, 11) is 0. The van der Waals surface area contributed by atoms with Crippen LogP contribution in [0.3, 0.4) is 0 Å². The first-order valence-corrected chi connectivity index (χ1v) is 13.2. The Labute approximate surface area is 207 Å². The lowest BCUT2D eigenvalue weighted by atomic mass is 9.91. The van der Waals surface area contributed by atoms with Gasteiger partial charge in [-0.25, -0.2) is 4.79 Å². The van der Waals surface area contributed by atoms with Crippen LogP contribution in [0.15, 0.2) is 30.3 Å². The standard InChI is InChI=1S/C30H44O4/c1-7-11-16-32-28-21-29(33-17-12-8-2)27(30(31)34-18-13-9-3)20-26(28)25-19-24(22(5)6)15-14-23(25)10-4/h14-15,19-22H,7-13,16-18H2,1-6H3. The van der Waals surface area contributed by atoms with Crippen LogP contribution >= 0.6 is 0 Å². The summed E-state index contributed by atoms with van der Waals surface area (Å²) in [5, 5.41) is 0. The number of hydrogen-bond acceptors (Lipinski definition) is 4. The van der Waals surface area contributed by atoms with Gasteiger partial charge in [0.05, 0.1) is 19.8 Å². The highest BCUT2D eigenvalue weighted by atomic mass is 16.5. The second kappa shape index (κ2) is 14.7. The molecule has 0 spiro atoms. The number of hydrogen-bond donors (Lipinski definition) is 0. The van der Waals surface area contributed by atoms with E-state index in [0.29, 0.717) is 37.1 Å². The van der Waals surface area contributed by atoms with E-state index in [2.05, 4.69) is 59.7 Å². The Kier molecular flexibility index (Phi) is 12.0. The maximum absolute atomic E-state index is 13.1. The summed E-state index contributed by atoms with van der Waals surface area (Å²) in [6.07, 6.45) is 6.69. The van der Waals surface area contributed by atoms with Crippen LogP contribution in [0, 0.1) is 0 Å². The van der Waals surface area contributed by atoms with Crippen molar-refractivity contribution in [2.24, 2.45) is 0 Å². The molecular weight excluding hydrogens is 424 g/mol. The molecule has 0 aliphatic rings. The molecule has 188 valence electrons. The van der Waals surface area contributed by atoms with Crippen molar-refractivity contribution in [1.82, 2.24) is 0 Å². The smallest absolute Gasteiger partial charge is 0.341 e. The second-order valence-electron chi connectivity index (χ2n) is 9.16. The van der Waals surface area contributed by atoms with Gasteiger partial charge in [-0.1, -0.05) is 79.0 Å². The fourth-order valence-corrected chi connectivity index (χ4v) is 3.72. The average Bonchev–Trinajstić information content (AvgIpc) is 2.84. The summed E-state index contributed by atoms with van der Waals surface area (Å²) >= 11 is 0. The molecule has 4 nitrogen and oxygen atoms in total. The number of benzene rings is 2. The highest BCUT2D eigenvalue weighted by molar-refractivity contribution is 5.95. The molecule has 0 heterocycles. The molecular formula is C30H44O4. The van der Waals surface area contributed by atoms with Gasteiger partial charge in [0.1, 0.15) is 17.1 Å². The molecule has 0 bridgehead atoms. The van der Waals surface area contributed by atoms with Gasteiger partial charge in [-0.2, -0.15) is 0 Å². The van der Waals surface area contributed by atoms with Crippen molar-refractivity contribution in [3.8, 4) is 22.6 Å². The molecule has 4 heteroatoms. The summed E-state index contributed by atoms with van der Waals surface area (Å²) in [5.74, 6) is 1.38. The fourth-order valence-electron chi connectivity index (χ4n) is 3.72. The molecule has 0 atom stereocenters. The molecule has 34 heavy (non-hydrogen) atoms. The molecule has 0 aliphatic heterocycles. The molecule has 0 N–H and O–H groups in total. The van der Waals surface area contributed by atoms with Crippen molar-refractivity contribution in [3.05, 3.63) is 47.0 Å². The zero-order chi connectivity index (χ0) is 24.9. The number of rotatable bonds is 15. The molecule has 2 aromatic carbocycles. The van der Waals surface area contributed by atoms with Crippen LogP contribution in [-0.4, -0.2) is 25.8 Å². The van der Waals surface area contributed by atoms with Crippen molar-refractivity contribution in [3.63, 3.8) is 0 Å². The molecule has 0 fully saturated rings. The first kappa shape index (κ1) is 27.8. The zero-order valence-electron chi connectivity index (χ0n) is 22.2. The lowest BCUT2D eigenvalue weighted by Gasteiger charge is -2.20. The maximum atomic E-state index is 13.1. The van der Waals surface area contributed by atoms with Gasteiger partial charge >= 0.3 is 5.97 Å². The van der Waals surface area contributed by atoms with Crippen LogP contribution in [0.2, 0.25) is 0 Å². The van der Waals surface area contributed by atoms with Gasteiger partial charge in [-0.05, 0) is 54.4 Å². The first-order valence-electron chi connectivity index (χ1n) is 13.2. The van der Waals surface area contributed by atoms with Crippen molar-refractivity contribution in [1.29, 1.82) is 0 Å². The van der Waals surface area contributed by atoms with E-state index in [1.165, 1.54) is 11.1 Å². The Morgan fingerprint density at radius 2 is 1.38 bits per heavy atom. The minimum Gasteiger partial charge on any atom is -0.493 e. The predicted octanol–water partition coefficient (Wildman–Crippen LogP) is 8.35. The maximum Gasteiger partial charge on any atom is 0.341 e. The highest BCUT2D eigenvalue weighted by Gasteiger charge is 2.22. The number of esters is 1. The zero-order valence-corrected chi connectivity index (χ0v) is 22.2. The Bertz CT molecular complexity index is 901. The van der Waals surface area contributed by atoms with Gasteiger partial charge in [0.2, 0.25) is 0 Å². The number of aryl methyl sites for hydroxylation is 1. The quantitative estimate of drug-likeness (QED) is 0.195. The largest absolute Gasteiger partial charge is 0.493 e. The molecule has 0 saturated heterocycles. The lowest BCUT2D eigenvalue weighted by Crippen LogP contribution is -2.11. The minimum atomic E-state index is -0.334. The van der Waals surface area contributed by atoms with Gasteiger partial charge in [0.25, 0.3) is 0 Å². The Morgan fingerprint density at radius 3 is 1.97 bits per heavy atom. The first-order chi connectivity index (χ1) is 16.5. The van der Waals surface area contributed by atoms with E-state index in [1.807, 2.05) is 12.1 Å². The van der Waals surface area contributed by atoms with E-state index in [-0.39, 0.29) is 5.97 Å². The van der Waals surface area contributed by atoms with Gasteiger partial charge in [-0.15, -0.1) is 0 Å². The third kappa shape index (κ3) is 7.78. The Balaban J connectivity index is 2.64. The highest BCUT2D eigenvalue weighted by Crippen LogP contribution is 2.40. The topological polar surface area (TPSA) is 44.8 Å². The summed E-state index contributed by atoms with van der Waals surface area (Å²) in [6.45, 7) is 14.5. The number of unbranched alkanes of at least 4 members (excludes halogenated alkanes) is 3. The third-order valence-corrected chi connectivity index (χ3v) is 6.02. The van der Waals surface area contributed by atoms with Crippen molar-refractivity contribution >= 4 is 5.97 Å². The van der Waals surface area contributed by atoms with E-state index in [4.69, 9.17) is 14.2 Å². The van der Waals surface area contributed by atoms with E-state index < -0.39 is 0 Å². The molecule has 0 radical (unpaired) electrons. The van der Waals surface area contributed by atoms with Crippen LogP contribution in [0.4, 0.5) is 0 Å². The molecule has 0 unspecified atom stereocenters. The monoisotopic (exact) mass is 468 g/mol. The van der Waals surface area contributed by atoms with E-state index in [9.17, 15) is 4.79 Å². The summed E-state index contributed by atoms with van der Waals surface area (Å²) in [5.41, 5.74) is 5.02. The lowest BCUT2D eigenvalue weighted by molar-refractivity contribution is 0.0495. The predicted molar refractivity (Wildman–Crippen MR) is 141 cm³/mol. The van der Waals surface area contributed by atoms with Crippen molar-refractivity contribution in [2.45, 2.75) is 92.4 Å². The molecule has 0 aromatic heterocycles. The molecule has 0 aliphatic carbocycles. The number of carbonyl (C=O) groups excluding carboxylic acids is 1. The van der Waals surface area contributed by atoms with Crippen LogP contribution in [0.1, 0.15) is 107 Å². The van der Waals surface area contributed by atoms with Crippen LogP contribution in [0.5, 0.6) is 11.5 Å². The van der Waals surface area contributed by atoms with Crippen LogP contribution in [-0.2, 0) is 11.2 Å². The van der Waals surface area contributed by atoms with Crippen LogP contribution in [0.25, 0.3) is 11.1 Å². The van der Waals surface area contributed by atoms with E-state index in [1.54, 1.807) is 0 Å². The van der Waals surface area contributed by atoms with E-state index >= 15 is 0 Å². The molecule has 0 amide bonds. The summed E-state index contributed by atoms with van der Waals surface area (Å²) < 4.78 is 18.0. The molecule has 2 rings (SSSR count). The van der Waals surface area contributed by atoms with Gasteiger partial charge in [-0.3, -0.25) is 0 Å². The van der Waals surface area contributed by atoms with Gasteiger partial charge in [0.15, 0.2) is 0 Å². The number of carbonyl (C=O) groups is 1. The summed E-state index contributed by atoms with van der Waals surface area (Å²) in [6, 6.07) is 10.5. The Morgan fingerprint density at radius 1 is 0.765 bits per heavy atom. The van der Waals surface area contributed by atoms with Crippen molar-refractivity contribution < 1.29 is 19.0 Å². The van der Waals surface area contributed by atoms with Gasteiger partial charge < -0.3 is 14.2 Å². The molecule has 0 saturated carbocycles. The molecule has 2 aromatic rings. The average molecular weight is 469 g/mol. The Hall–Kier alpha value is -2.49. The SMILES string of the molecule is CCCCOC(=O)c1cc(-c2cc(C(C)C)ccc2CC)c(OCCCC)cc1OCCCC. The summed E-state index contributed by atoms with van der Waals surface area (Å²) in [4.78, 5) is 13.1. The minimum absolute atomic E-state index is 0.334. The van der Waals surface area contributed by atoms with E-state index in [0.717, 1.165) is 61.8 Å². The number of ether oxygens (including phenoxy) is 3. The fraction of sp³-hybridized carbons (Fsp3) is 0.567. The van der Waals surface area contributed by atoms with Crippen LogP contribution < -0.4 is 9.47 Å².